The van der Waals surface area contributed by atoms with Gasteiger partial charge in [-0.15, -0.1) is 12.4 Å². The zero-order valence-electron chi connectivity index (χ0n) is 23.9. The molecule has 2 N–H and O–H groups in total. The summed E-state index contributed by atoms with van der Waals surface area (Å²) in [4.78, 5) is 17.2. The minimum absolute atomic E-state index is 0. The van der Waals surface area contributed by atoms with Gasteiger partial charge in [0.2, 0.25) is 0 Å². The Balaban J connectivity index is 0.00000533. The molecule has 0 unspecified atom stereocenters. The predicted molar refractivity (Wildman–Crippen MR) is 154 cm³/mol. The lowest BCUT2D eigenvalue weighted by Crippen LogP contribution is -2.31. The minimum atomic E-state index is -0.642. The molecule has 2 aromatic rings. The van der Waals surface area contributed by atoms with Crippen molar-refractivity contribution >= 4 is 29.7 Å². The number of ketones is 1. The molecular weight excluding hydrogens is 525 g/mol. The van der Waals surface area contributed by atoms with Gasteiger partial charge >= 0.3 is 0 Å². The number of amidine groups is 1. The Morgan fingerprint density at radius 1 is 1.13 bits per heavy atom. The van der Waals surface area contributed by atoms with E-state index in [1.165, 1.54) is 0 Å². The van der Waals surface area contributed by atoms with Gasteiger partial charge in [-0.25, -0.2) is 4.39 Å². The maximum Gasteiger partial charge on any atom is 0.197 e. The molecule has 0 spiro atoms. The Kier molecular flexibility index (Phi) is 11.0. The maximum absolute atomic E-state index is 15.5. The summed E-state index contributed by atoms with van der Waals surface area (Å²) in [6.07, 6.45) is 0. The van der Waals surface area contributed by atoms with Crippen LogP contribution in [0, 0.1) is 11.2 Å². The summed E-state index contributed by atoms with van der Waals surface area (Å²) >= 11 is 0. The molecule has 0 aliphatic carbocycles. The molecule has 3 rings (SSSR count). The third kappa shape index (κ3) is 6.58. The largest absolute Gasteiger partial charge is 0.494 e. The number of benzene rings is 2. The van der Waals surface area contributed by atoms with E-state index in [1.807, 2.05) is 45.6 Å². The maximum atomic E-state index is 15.5. The van der Waals surface area contributed by atoms with Gasteiger partial charge in [-0.1, -0.05) is 20.8 Å². The summed E-state index contributed by atoms with van der Waals surface area (Å²) < 4.78 is 32.3. The van der Waals surface area contributed by atoms with Crippen LogP contribution >= 0.6 is 12.4 Å². The van der Waals surface area contributed by atoms with E-state index in [0.29, 0.717) is 42.3 Å². The minimum Gasteiger partial charge on any atom is -0.494 e. The molecule has 0 fully saturated rings. The molecule has 0 saturated carbocycles. The topological polar surface area (TPSA) is 95.3 Å². The second-order valence-electron chi connectivity index (χ2n) is 10.2. The highest BCUT2D eigenvalue weighted by molar-refractivity contribution is 6.06. The van der Waals surface area contributed by atoms with Crippen molar-refractivity contribution in [1.82, 2.24) is 4.90 Å². The standard InChI is InChI=1S/C29H40FN3O5.ClH/c1-8-32(11-12-34)21-14-18(13-20(26(21)36-7)29(4,5)6)22(35)17-33-16-19-15-23(37-9-2)27(38-10-3)25(30)24(19)28(33)31;/h13-15,31,34H,8-12,16-17H2,1-7H3;1H. The number of likely N-dealkylation sites (N-methyl/N-ethyl adjacent to an activating group) is 1. The normalized spacial score (nSPS) is 12.6. The Bertz CT molecular complexity index is 1200. The van der Waals surface area contributed by atoms with Gasteiger partial charge in [-0.05, 0) is 49.9 Å². The van der Waals surface area contributed by atoms with Crippen molar-refractivity contribution in [2.45, 2.75) is 53.5 Å². The number of anilines is 1. The molecular formula is C29H41ClFN3O5. The van der Waals surface area contributed by atoms with Crippen LogP contribution in [-0.4, -0.2) is 68.2 Å². The van der Waals surface area contributed by atoms with Crippen LogP contribution in [-0.2, 0) is 12.0 Å². The lowest BCUT2D eigenvalue weighted by Gasteiger charge is -2.30. The molecule has 0 amide bonds. The number of carbonyl (C=O) groups excluding carboxylic acids is 1. The molecule has 216 valence electrons. The number of nitrogens with zero attached hydrogens (tertiary/aromatic N) is 2. The average Bonchev–Trinajstić information content (AvgIpc) is 3.18. The van der Waals surface area contributed by atoms with Crippen LogP contribution in [0.5, 0.6) is 17.2 Å². The van der Waals surface area contributed by atoms with E-state index in [-0.39, 0.29) is 67.1 Å². The number of Topliss-reactive ketones (excluding diaryl/α,β-unsaturated/α-hetero) is 1. The second-order valence-corrected chi connectivity index (χ2v) is 10.2. The quantitative estimate of drug-likeness (QED) is 0.342. The van der Waals surface area contributed by atoms with Gasteiger partial charge < -0.3 is 29.1 Å². The van der Waals surface area contributed by atoms with Gasteiger partial charge in [0, 0.05) is 30.8 Å². The van der Waals surface area contributed by atoms with Gasteiger partial charge in [-0.3, -0.25) is 10.2 Å². The fourth-order valence-electron chi connectivity index (χ4n) is 4.77. The van der Waals surface area contributed by atoms with Gasteiger partial charge in [0.25, 0.3) is 0 Å². The van der Waals surface area contributed by atoms with E-state index in [9.17, 15) is 9.90 Å². The summed E-state index contributed by atoms with van der Waals surface area (Å²) in [5.74, 6) is 0.0493. The smallest absolute Gasteiger partial charge is 0.197 e. The first-order chi connectivity index (χ1) is 18.0. The number of rotatable bonds is 12. The van der Waals surface area contributed by atoms with Crippen LogP contribution in [0.1, 0.15) is 68.6 Å². The number of aliphatic hydroxyl groups excluding tert-OH is 1. The Morgan fingerprint density at radius 2 is 1.79 bits per heavy atom. The molecule has 0 atom stereocenters. The summed E-state index contributed by atoms with van der Waals surface area (Å²) in [6.45, 7) is 13.4. The van der Waals surface area contributed by atoms with Crippen molar-refractivity contribution in [1.29, 1.82) is 5.41 Å². The SMILES string of the molecule is CCOc1cc2c(c(F)c1OCC)C(=N)N(CC(=O)c1cc(N(CC)CCO)c(OC)c(C(C)(C)C)c1)C2.Cl. The van der Waals surface area contributed by atoms with E-state index in [1.54, 1.807) is 31.1 Å². The number of nitrogens with one attached hydrogen (secondary N) is 1. The average molecular weight is 566 g/mol. The predicted octanol–water partition coefficient (Wildman–Crippen LogP) is 5.19. The van der Waals surface area contributed by atoms with Gasteiger partial charge in [0.1, 0.15) is 11.6 Å². The monoisotopic (exact) mass is 565 g/mol. The molecule has 1 heterocycles. The Labute approximate surface area is 237 Å². The number of methoxy groups -OCH3 is 1. The third-order valence-electron chi connectivity index (χ3n) is 6.60. The van der Waals surface area contributed by atoms with Gasteiger partial charge in [0.15, 0.2) is 23.1 Å². The number of hydrogen-bond acceptors (Lipinski definition) is 7. The summed E-state index contributed by atoms with van der Waals surface area (Å²) in [5.41, 5.74) is 2.46. The van der Waals surface area contributed by atoms with Crippen molar-refractivity contribution in [2.75, 3.05) is 51.5 Å². The molecule has 10 heteroatoms. The molecule has 1 aliphatic rings. The number of carbonyl (C=O) groups is 1. The van der Waals surface area contributed by atoms with Crippen LogP contribution in [0.4, 0.5) is 10.1 Å². The molecule has 1 aliphatic heterocycles. The first kappa shape index (κ1) is 32.2. The van der Waals surface area contributed by atoms with E-state index >= 15 is 4.39 Å². The third-order valence-corrected chi connectivity index (χ3v) is 6.60. The van der Waals surface area contributed by atoms with Crippen LogP contribution in [0.2, 0.25) is 0 Å². The van der Waals surface area contributed by atoms with Crippen molar-refractivity contribution in [2.24, 2.45) is 0 Å². The van der Waals surface area contributed by atoms with E-state index < -0.39 is 5.82 Å². The molecule has 0 aromatic heterocycles. The van der Waals surface area contributed by atoms with E-state index in [4.69, 9.17) is 19.6 Å². The zero-order valence-corrected chi connectivity index (χ0v) is 24.8. The number of fused-ring (bicyclic) bond motifs is 1. The highest BCUT2D eigenvalue weighted by Gasteiger charge is 2.34. The molecule has 8 nitrogen and oxygen atoms in total. The lowest BCUT2D eigenvalue weighted by molar-refractivity contribution is 0.0962. The summed E-state index contributed by atoms with van der Waals surface area (Å²) in [7, 11) is 1.60. The van der Waals surface area contributed by atoms with Gasteiger partial charge in [-0.2, -0.15) is 0 Å². The molecule has 39 heavy (non-hydrogen) atoms. The fourth-order valence-corrected chi connectivity index (χ4v) is 4.77. The summed E-state index contributed by atoms with van der Waals surface area (Å²) in [5, 5.41) is 18.3. The fraction of sp³-hybridized carbons (Fsp3) is 0.517. The molecule has 0 saturated heterocycles. The molecule has 2 aromatic carbocycles. The number of ether oxygens (including phenoxy) is 3. The van der Waals surface area contributed by atoms with Crippen LogP contribution < -0.4 is 19.1 Å². The highest BCUT2D eigenvalue weighted by Crippen LogP contribution is 2.41. The highest BCUT2D eigenvalue weighted by atomic mass is 35.5. The second kappa shape index (κ2) is 13.3. The molecule has 0 bridgehead atoms. The van der Waals surface area contributed by atoms with Gasteiger partial charge in [0.05, 0.1) is 44.7 Å². The Morgan fingerprint density at radius 3 is 2.33 bits per heavy atom. The van der Waals surface area contributed by atoms with E-state index in [2.05, 4.69) is 0 Å². The van der Waals surface area contributed by atoms with Crippen molar-refractivity contribution in [3.05, 3.63) is 46.3 Å². The van der Waals surface area contributed by atoms with Crippen molar-refractivity contribution in [3.8, 4) is 17.2 Å². The Hall–Kier alpha value is -3.04. The number of hydrogen-bond donors (Lipinski definition) is 2. The lowest BCUT2D eigenvalue weighted by atomic mass is 9.84. The van der Waals surface area contributed by atoms with Crippen LogP contribution in [0.15, 0.2) is 18.2 Å². The van der Waals surface area contributed by atoms with Crippen molar-refractivity contribution in [3.63, 3.8) is 0 Å². The first-order valence-electron chi connectivity index (χ1n) is 13.1. The zero-order chi connectivity index (χ0) is 28.2. The first-order valence-corrected chi connectivity index (χ1v) is 13.1. The molecule has 0 radical (unpaired) electrons. The number of aliphatic hydroxyl groups is 1. The van der Waals surface area contributed by atoms with Crippen LogP contribution in [0.25, 0.3) is 0 Å². The van der Waals surface area contributed by atoms with Crippen LogP contribution in [0.3, 0.4) is 0 Å². The summed E-state index contributed by atoms with van der Waals surface area (Å²) in [6, 6.07) is 5.32. The van der Waals surface area contributed by atoms with Crippen molar-refractivity contribution < 1.29 is 28.5 Å². The van der Waals surface area contributed by atoms with E-state index in [0.717, 1.165) is 11.3 Å². The number of halogens is 2.